The van der Waals surface area contributed by atoms with Crippen molar-refractivity contribution < 1.29 is 9.13 Å². The van der Waals surface area contributed by atoms with Crippen molar-refractivity contribution in [3.8, 4) is 0 Å². The van der Waals surface area contributed by atoms with Crippen LogP contribution in [0.4, 0.5) is 4.39 Å². The van der Waals surface area contributed by atoms with E-state index >= 15 is 0 Å². The first-order valence-corrected chi connectivity index (χ1v) is 7.63. The first kappa shape index (κ1) is 16.4. The van der Waals surface area contributed by atoms with Gasteiger partial charge in [-0.1, -0.05) is 12.1 Å². The Labute approximate surface area is 126 Å². The zero-order valence-corrected chi connectivity index (χ0v) is 12.9. The second-order valence-electron chi connectivity index (χ2n) is 5.76. The van der Waals surface area contributed by atoms with E-state index in [2.05, 4.69) is 22.8 Å². The van der Waals surface area contributed by atoms with Gasteiger partial charge in [0.15, 0.2) is 0 Å². The third-order valence-corrected chi connectivity index (χ3v) is 4.02. The van der Waals surface area contributed by atoms with Crippen LogP contribution >= 0.6 is 0 Å². The highest BCUT2D eigenvalue weighted by molar-refractivity contribution is 5.20. The molecule has 1 fully saturated rings. The molecule has 0 aliphatic carbocycles. The van der Waals surface area contributed by atoms with Crippen LogP contribution in [-0.4, -0.2) is 44.8 Å². The SMILES string of the molecule is COCCN(C)CCCC1CC(c2ccc(F)cc2)NN1. The van der Waals surface area contributed by atoms with Gasteiger partial charge in [-0.2, -0.15) is 0 Å². The number of nitrogens with zero attached hydrogens (tertiary/aromatic N) is 1. The lowest BCUT2D eigenvalue weighted by atomic mass is 10.00. The summed E-state index contributed by atoms with van der Waals surface area (Å²) in [4.78, 5) is 2.29. The Morgan fingerprint density at radius 3 is 2.71 bits per heavy atom. The molecule has 2 rings (SSSR count). The molecule has 21 heavy (non-hydrogen) atoms. The van der Waals surface area contributed by atoms with Gasteiger partial charge in [0.25, 0.3) is 0 Å². The molecule has 0 spiro atoms. The fourth-order valence-corrected chi connectivity index (χ4v) is 2.69. The summed E-state index contributed by atoms with van der Waals surface area (Å²) >= 11 is 0. The number of hydrogen-bond acceptors (Lipinski definition) is 4. The zero-order chi connectivity index (χ0) is 15.1. The van der Waals surface area contributed by atoms with Gasteiger partial charge in [0.05, 0.1) is 6.61 Å². The molecule has 2 N–H and O–H groups in total. The molecule has 5 heteroatoms. The van der Waals surface area contributed by atoms with Crippen LogP contribution in [0.2, 0.25) is 0 Å². The average Bonchev–Trinajstić information content (AvgIpc) is 2.95. The van der Waals surface area contributed by atoms with E-state index < -0.39 is 0 Å². The first-order valence-electron chi connectivity index (χ1n) is 7.63. The average molecular weight is 295 g/mol. The van der Waals surface area contributed by atoms with Crippen molar-refractivity contribution in [3.05, 3.63) is 35.6 Å². The number of rotatable bonds is 8. The molecule has 1 aliphatic heterocycles. The largest absolute Gasteiger partial charge is 0.383 e. The molecule has 1 aromatic rings. The monoisotopic (exact) mass is 295 g/mol. The van der Waals surface area contributed by atoms with Gasteiger partial charge >= 0.3 is 0 Å². The van der Waals surface area contributed by atoms with Gasteiger partial charge in [-0.05, 0) is 50.6 Å². The van der Waals surface area contributed by atoms with Crippen LogP contribution < -0.4 is 10.9 Å². The third-order valence-electron chi connectivity index (χ3n) is 4.02. The second kappa shape index (κ2) is 8.44. The minimum atomic E-state index is -0.180. The van der Waals surface area contributed by atoms with Gasteiger partial charge < -0.3 is 9.64 Å². The van der Waals surface area contributed by atoms with E-state index in [0.717, 1.165) is 44.5 Å². The maximum Gasteiger partial charge on any atom is 0.123 e. The molecule has 1 saturated heterocycles. The summed E-state index contributed by atoms with van der Waals surface area (Å²) in [6, 6.07) is 7.52. The minimum Gasteiger partial charge on any atom is -0.383 e. The molecule has 0 radical (unpaired) electrons. The Morgan fingerprint density at radius 1 is 1.24 bits per heavy atom. The lowest BCUT2D eigenvalue weighted by Gasteiger charge is -2.17. The number of benzene rings is 1. The molecule has 0 bridgehead atoms. The number of halogens is 1. The molecular weight excluding hydrogens is 269 g/mol. The summed E-state index contributed by atoms with van der Waals surface area (Å²) in [5.41, 5.74) is 7.80. The lowest BCUT2D eigenvalue weighted by Crippen LogP contribution is -2.31. The van der Waals surface area contributed by atoms with Crippen LogP contribution in [0.5, 0.6) is 0 Å². The normalized spacial score (nSPS) is 22.1. The van der Waals surface area contributed by atoms with Crippen molar-refractivity contribution >= 4 is 0 Å². The molecule has 1 heterocycles. The van der Waals surface area contributed by atoms with E-state index in [0.29, 0.717) is 6.04 Å². The third kappa shape index (κ3) is 5.36. The molecule has 0 amide bonds. The summed E-state index contributed by atoms with van der Waals surface area (Å²) < 4.78 is 18.0. The number of likely N-dealkylation sites (N-methyl/N-ethyl adjacent to an activating group) is 1. The van der Waals surface area contributed by atoms with Crippen molar-refractivity contribution in [1.82, 2.24) is 15.8 Å². The fraction of sp³-hybridized carbons (Fsp3) is 0.625. The second-order valence-corrected chi connectivity index (χ2v) is 5.76. The molecule has 4 nitrogen and oxygen atoms in total. The highest BCUT2D eigenvalue weighted by atomic mass is 19.1. The number of nitrogens with one attached hydrogen (secondary N) is 2. The molecular formula is C16H26FN3O. The van der Waals surface area contributed by atoms with Crippen LogP contribution in [-0.2, 0) is 4.74 Å². The van der Waals surface area contributed by atoms with E-state index in [1.54, 1.807) is 7.11 Å². The Morgan fingerprint density at radius 2 is 2.00 bits per heavy atom. The van der Waals surface area contributed by atoms with E-state index in [1.165, 1.54) is 12.1 Å². The maximum absolute atomic E-state index is 12.9. The van der Waals surface area contributed by atoms with E-state index in [4.69, 9.17) is 4.74 Å². The molecule has 2 atom stereocenters. The maximum atomic E-state index is 12.9. The van der Waals surface area contributed by atoms with Crippen LogP contribution in [0.1, 0.15) is 30.9 Å². The fourth-order valence-electron chi connectivity index (χ4n) is 2.69. The van der Waals surface area contributed by atoms with Gasteiger partial charge in [0, 0.05) is 25.7 Å². The van der Waals surface area contributed by atoms with E-state index in [9.17, 15) is 4.39 Å². The van der Waals surface area contributed by atoms with Crippen molar-refractivity contribution in [1.29, 1.82) is 0 Å². The Hall–Kier alpha value is -1.01. The molecule has 2 unspecified atom stereocenters. The topological polar surface area (TPSA) is 36.5 Å². The number of methoxy groups -OCH3 is 1. The smallest absolute Gasteiger partial charge is 0.123 e. The molecule has 0 saturated carbocycles. The van der Waals surface area contributed by atoms with Gasteiger partial charge in [0.1, 0.15) is 5.82 Å². The first-order chi connectivity index (χ1) is 10.2. The Bertz CT molecular complexity index is 412. The predicted octanol–water partition coefficient (Wildman–Crippen LogP) is 2.09. The summed E-state index contributed by atoms with van der Waals surface area (Å²) in [5.74, 6) is -0.180. The van der Waals surface area contributed by atoms with Gasteiger partial charge in [0.2, 0.25) is 0 Å². The summed E-state index contributed by atoms with van der Waals surface area (Å²) in [6.07, 6.45) is 3.35. The van der Waals surface area contributed by atoms with E-state index in [-0.39, 0.29) is 11.9 Å². The standard InChI is InChI=1S/C16H26FN3O/c1-20(10-11-21-2)9-3-4-15-12-16(19-18-15)13-5-7-14(17)8-6-13/h5-8,15-16,18-19H,3-4,9-12H2,1-2H3. The van der Waals surface area contributed by atoms with Crippen LogP contribution in [0, 0.1) is 5.82 Å². The molecule has 1 aromatic carbocycles. The number of hydrogen-bond donors (Lipinski definition) is 2. The van der Waals surface area contributed by atoms with Crippen LogP contribution in [0.15, 0.2) is 24.3 Å². The van der Waals surface area contributed by atoms with Gasteiger partial charge in [-0.25, -0.2) is 4.39 Å². The van der Waals surface area contributed by atoms with Gasteiger partial charge in [-0.15, -0.1) is 0 Å². The molecule has 0 aromatic heterocycles. The highest BCUT2D eigenvalue weighted by Gasteiger charge is 2.24. The Balaban J connectivity index is 1.67. The summed E-state index contributed by atoms with van der Waals surface area (Å²) in [5, 5.41) is 0. The number of ether oxygens (including phenoxy) is 1. The van der Waals surface area contributed by atoms with Crippen LogP contribution in [0.3, 0.4) is 0 Å². The van der Waals surface area contributed by atoms with Crippen molar-refractivity contribution in [2.24, 2.45) is 0 Å². The summed E-state index contributed by atoms with van der Waals surface area (Å²) in [6.45, 7) is 2.85. The predicted molar refractivity (Wildman–Crippen MR) is 82.4 cm³/mol. The molecule has 1 aliphatic rings. The van der Waals surface area contributed by atoms with Crippen LogP contribution in [0.25, 0.3) is 0 Å². The van der Waals surface area contributed by atoms with Crippen molar-refractivity contribution in [2.45, 2.75) is 31.3 Å². The van der Waals surface area contributed by atoms with Crippen molar-refractivity contribution in [2.75, 3.05) is 33.9 Å². The molecule has 118 valence electrons. The summed E-state index contributed by atoms with van der Waals surface area (Å²) in [7, 11) is 3.86. The quantitative estimate of drug-likeness (QED) is 0.770. The Kier molecular flexibility index (Phi) is 6.57. The lowest BCUT2D eigenvalue weighted by molar-refractivity contribution is 0.160. The van der Waals surface area contributed by atoms with Crippen molar-refractivity contribution in [3.63, 3.8) is 0 Å². The van der Waals surface area contributed by atoms with Gasteiger partial charge in [-0.3, -0.25) is 10.9 Å². The zero-order valence-electron chi connectivity index (χ0n) is 12.9. The number of hydrazine groups is 1. The highest BCUT2D eigenvalue weighted by Crippen LogP contribution is 2.24. The minimum absolute atomic E-state index is 0.180. The van der Waals surface area contributed by atoms with E-state index in [1.807, 2.05) is 12.1 Å².